The summed E-state index contributed by atoms with van der Waals surface area (Å²) >= 11 is 0. The van der Waals surface area contributed by atoms with Gasteiger partial charge in [0.2, 0.25) is 0 Å². The highest BCUT2D eigenvalue weighted by molar-refractivity contribution is 4.92. The second kappa shape index (κ2) is 6.95. The van der Waals surface area contributed by atoms with Crippen molar-refractivity contribution >= 4 is 0 Å². The molecule has 0 heterocycles. The Morgan fingerprint density at radius 1 is 1.11 bits per heavy atom. The third-order valence-corrected chi connectivity index (χ3v) is 4.16. The van der Waals surface area contributed by atoms with Crippen LogP contribution < -0.4 is 5.73 Å². The largest absolute Gasteiger partial charge is 0.386 e. The topological polar surface area (TPSA) is 66.5 Å². The molecule has 1 aliphatic carbocycles. The summed E-state index contributed by atoms with van der Waals surface area (Å²) < 4.78 is 27.8. The normalized spacial score (nSPS) is 23.4. The van der Waals surface area contributed by atoms with Crippen molar-refractivity contribution in [3.05, 3.63) is 0 Å². The lowest BCUT2D eigenvalue weighted by Crippen LogP contribution is -2.55. The van der Waals surface area contributed by atoms with Gasteiger partial charge in [-0.2, -0.15) is 0 Å². The van der Waals surface area contributed by atoms with Crippen molar-refractivity contribution in [2.24, 2.45) is 17.6 Å². The summed E-state index contributed by atoms with van der Waals surface area (Å²) in [5, 5.41) is 19.3. The van der Waals surface area contributed by atoms with Gasteiger partial charge < -0.3 is 15.9 Å². The first-order chi connectivity index (χ1) is 8.76. The highest BCUT2D eigenvalue weighted by Gasteiger charge is 2.49. The maximum absolute atomic E-state index is 13.9. The molecule has 0 spiro atoms. The van der Waals surface area contributed by atoms with Gasteiger partial charge in [0.05, 0.1) is 0 Å². The maximum Gasteiger partial charge on any atom is 0.300 e. The first-order valence-electron chi connectivity index (χ1n) is 7.26. The number of aliphatic hydroxyl groups is 2. The predicted molar refractivity (Wildman–Crippen MR) is 71.0 cm³/mol. The molecule has 0 amide bonds. The van der Waals surface area contributed by atoms with E-state index in [0.29, 0.717) is 12.3 Å². The highest BCUT2D eigenvalue weighted by Crippen LogP contribution is 2.33. The summed E-state index contributed by atoms with van der Waals surface area (Å²) in [5.74, 6) is -3.85. The smallest absolute Gasteiger partial charge is 0.300 e. The van der Waals surface area contributed by atoms with Gasteiger partial charge in [-0.25, -0.2) is 8.78 Å². The summed E-state index contributed by atoms with van der Waals surface area (Å²) in [4.78, 5) is 0. The number of nitrogens with two attached hydrogens (primary N) is 1. The van der Waals surface area contributed by atoms with Crippen molar-refractivity contribution in [1.29, 1.82) is 0 Å². The van der Waals surface area contributed by atoms with Crippen molar-refractivity contribution in [2.75, 3.05) is 0 Å². The SMILES string of the molecule is CC(C)[C@H](O)C(F)(F)[C@H](O)[C@@H](N)CC1CCCCC1. The molecule has 0 radical (unpaired) electrons. The van der Waals surface area contributed by atoms with Crippen LogP contribution in [-0.2, 0) is 0 Å². The van der Waals surface area contributed by atoms with Crippen LogP contribution in [0.1, 0.15) is 52.4 Å². The van der Waals surface area contributed by atoms with E-state index in [2.05, 4.69) is 0 Å². The highest BCUT2D eigenvalue weighted by atomic mass is 19.3. The molecule has 3 nitrogen and oxygen atoms in total. The van der Waals surface area contributed by atoms with E-state index >= 15 is 0 Å². The summed E-state index contributed by atoms with van der Waals surface area (Å²) in [7, 11) is 0. The maximum atomic E-state index is 13.9. The van der Waals surface area contributed by atoms with Crippen molar-refractivity contribution < 1.29 is 19.0 Å². The zero-order chi connectivity index (χ0) is 14.6. The van der Waals surface area contributed by atoms with Gasteiger partial charge in [0.15, 0.2) is 0 Å². The Hall–Kier alpha value is -0.260. The Morgan fingerprint density at radius 3 is 2.11 bits per heavy atom. The van der Waals surface area contributed by atoms with Gasteiger partial charge in [0.25, 0.3) is 5.92 Å². The predicted octanol–water partition coefficient (Wildman–Crippen LogP) is 2.30. The molecule has 1 fully saturated rings. The van der Waals surface area contributed by atoms with Crippen LogP contribution in [0.15, 0.2) is 0 Å². The number of hydrogen-bond acceptors (Lipinski definition) is 3. The van der Waals surface area contributed by atoms with E-state index in [1.54, 1.807) is 0 Å². The molecule has 0 aliphatic heterocycles. The van der Waals surface area contributed by atoms with E-state index in [0.717, 1.165) is 25.7 Å². The van der Waals surface area contributed by atoms with E-state index in [1.807, 2.05) is 0 Å². The Morgan fingerprint density at radius 2 is 1.63 bits per heavy atom. The number of hydrogen-bond donors (Lipinski definition) is 3. The van der Waals surface area contributed by atoms with Gasteiger partial charge >= 0.3 is 0 Å². The van der Waals surface area contributed by atoms with E-state index < -0.39 is 30.1 Å². The zero-order valence-corrected chi connectivity index (χ0v) is 11.9. The summed E-state index contributed by atoms with van der Waals surface area (Å²) in [6.07, 6.45) is 1.97. The lowest BCUT2D eigenvalue weighted by atomic mass is 9.82. The van der Waals surface area contributed by atoms with Gasteiger partial charge in [-0.05, 0) is 18.3 Å². The molecule has 1 rings (SSSR count). The molecular formula is C14H27F2NO2. The average molecular weight is 279 g/mol. The molecule has 4 N–H and O–H groups in total. The number of alkyl halides is 2. The van der Waals surface area contributed by atoms with Crippen LogP contribution in [0.5, 0.6) is 0 Å². The van der Waals surface area contributed by atoms with Crippen LogP contribution in [0, 0.1) is 11.8 Å². The molecule has 0 bridgehead atoms. The molecule has 114 valence electrons. The minimum atomic E-state index is -3.55. The second-order valence-electron chi connectivity index (χ2n) is 6.21. The Labute approximate surface area is 114 Å². The molecule has 0 aromatic rings. The van der Waals surface area contributed by atoms with Gasteiger partial charge in [0, 0.05) is 6.04 Å². The standard InChI is InChI=1S/C14H27F2NO2/c1-9(2)12(18)14(15,16)13(19)11(17)8-10-6-4-3-5-7-10/h9-13,18-19H,3-8,17H2,1-2H3/t11-,12-,13+/m0/s1. The molecule has 0 saturated heterocycles. The fourth-order valence-corrected chi connectivity index (χ4v) is 2.84. The van der Waals surface area contributed by atoms with Crippen molar-refractivity contribution in [3.8, 4) is 0 Å². The number of halogens is 2. The molecule has 19 heavy (non-hydrogen) atoms. The zero-order valence-electron chi connectivity index (χ0n) is 11.9. The van der Waals surface area contributed by atoms with Gasteiger partial charge in [-0.15, -0.1) is 0 Å². The van der Waals surface area contributed by atoms with Gasteiger partial charge in [-0.1, -0.05) is 46.0 Å². The monoisotopic (exact) mass is 279 g/mol. The number of aliphatic hydroxyl groups excluding tert-OH is 2. The third-order valence-electron chi connectivity index (χ3n) is 4.16. The van der Waals surface area contributed by atoms with Crippen LogP contribution in [0.4, 0.5) is 8.78 Å². The lowest BCUT2D eigenvalue weighted by molar-refractivity contribution is -0.195. The van der Waals surface area contributed by atoms with E-state index in [1.165, 1.54) is 20.3 Å². The molecule has 0 aromatic heterocycles. The van der Waals surface area contributed by atoms with Crippen LogP contribution in [0.25, 0.3) is 0 Å². The minimum Gasteiger partial charge on any atom is -0.386 e. The third kappa shape index (κ3) is 4.36. The molecule has 1 aliphatic rings. The van der Waals surface area contributed by atoms with Crippen LogP contribution in [-0.4, -0.2) is 34.4 Å². The molecule has 3 atom stereocenters. The van der Waals surface area contributed by atoms with E-state index in [4.69, 9.17) is 5.73 Å². The average Bonchev–Trinajstić information content (AvgIpc) is 2.37. The van der Waals surface area contributed by atoms with Crippen molar-refractivity contribution in [2.45, 2.75) is 76.5 Å². The van der Waals surface area contributed by atoms with E-state index in [9.17, 15) is 19.0 Å². The first kappa shape index (κ1) is 16.8. The Kier molecular flexibility index (Phi) is 6.15. The molecule has 0 unspecified atom stereocenters. The Bertz CT molecular complexity index is 268. The second-order valence-corrected chi connectivity index (χ2v) is 6.21. The molecule has 5 heteroatoms. The summed E-state index contributed by atoms with van der Waals surface area (Å²) in [5.41, 5.74) is 5.73. The van der Waals surface area contributed by atoms with Crippen molar-refractivity contribution in [3.63, 3.8) is 0 Å². The fourth-order valence-electron chi connectivity index (χ4n) is 2.84. The lowest BCUT2D eigenvalue weighted by Gasteiger charge is -2.34. The van der Waals surface area contributed by atoms with Gasteiger partial charge in [-0.3, -0.25) is 0 Å². The van der Waals surface area contributed by atoms with Crippen LogP contribution in [0.3, 0.4) is 0 Å². The van der Waals surface area contributed by atoms with Crippen LogP contribution in [0.2, 0.25) is 0 Å². The van der Waals surface area contributed by atoms with Gasteiger partial charge in [0.1, 0.15) is 12.2 Å². The minimum absolute atomic E-state index is 0.324. The fraction of sp³-hybridized carbons (Fsp3) is 1.00. The first-order valence-corrected chi connectivity index (χ1v) is 7.26. The number of rotatable bonds is 6. The van der Waals surface area contributed by atoms with Crippen LogP contribution >= 0.6 is 0 Å². The Balaban J connectivity index is 2.56. The molecule has 1 saturated carbocycles. The molecular weight excluding hydrogens is 252 g/mol. The molecule has 0 aromatic carbocycles. The quantitative estimate of drug-likeness (QED) is 0.699. The summed E-state index contributed by atoms with van der Waals surface area (Å²) in [6.45, 7) is 3.00. The van der Waals surface area contributed by atoms with E-state index in [-0.39, 0.29) is 0 Å². The summed E-state index contributed by atoms with van der Waals surface area (Å²) in [6, 6.07) is -0.980. The van der Waals surface area contributed by atoms with Crippen molar-refractivity contribution in [1.82, 2.24) is 0 Å².